The molecular formula is C11H9ClO3. The van der Waals surface area contributed by atoms with Crippen LogP contribution >= 0.6 is 12.4 Å². The van der Waals surface area contributed by atoms with Crippen molar-refractivity contribution in [3.05, 3.63) is 42.0 Å². The van der Waals surface area contributed by atoms with Crippen molar-refractivity contribution >= 4 is 29.1 Å². The van der Waals surface area contributed by atoms with Crippen molar-refractivity contribution in [1.82, 2.24) is 0 Å². The van der Waals surface area contributed by atoms with Gasteiger partial charge in [-0.15, -0.1) is 12.4 Å². The highest BCUT2D eigenvalue weighted by Gasteiger charge is 2.07. The van der Waals surface area contributed by atoms with Gasteiger partial charge in [-0.2, -0.15) is 0 Å². The average Bonchev–Trinajstić information content (AvgIpc) is 2.16. The summed E-state index contributed by atoms with van der Waals surface area (Å²) in [5.74, 6) is -0.910. The summed E-state index contributed by atoms with van der Waals surface area (Å²) in [4.78, 5) is 10.8. The molecule has 0 aliphatic carbocycles. The van der Waals surface area contributed by atoms with Gasteiger partial charge in [0.2, 0.25) is 0 Å². The van der Waals surface area contributed by atoms with E-state index >= 15 is 0 Å². The van der Waals surface area contributed by atoms with E-state index in [4.69, 9.17) is 5.11 Å². The Kier molecular flexibility index (Phi) is 3.17. The van der Waals surface area contributed by atoms with Crippen LogP contribution in [0.15, 0.2) is 36.4 Å². The summed E-state index contributed by atoms with van der Waals surface area (Å²) in [6.07, 6.45) is 0. The third kappa shape index (κ3) is 2.02. The van der Waals surface area contributed by atoms with E-state index in [9.17, 15) is 9.90 Å². The zero-order chi connectivity index (χ0) is 10.1. The molecule has 0 saturated carbocycles. The number of halogens is 1. The SMILES string of the molecule is Cl.O=C(O)c1cccc2ccc(O)cc12. The number of fused-ring (bicyclic) bond motifs is 1. The molecule has 2 N–H and O–H groups in total. The van der Waals surface area contributed by atoms with E-state index in [-0.39, 0.29) is 23.7 Å². The second-order valence-corrected chi connectivity index (χ2v) is 3.02. The monoisotopic (exact) mass is 224 g/mol. The van der Waals surface area contributed by atoms with Crippen LogP contribution in [-0.4, -0.2) is 16.2 Å². The van der Waals surface area contributed by atoms with Gasteiger partial charge in [-0.1, -0.05) is 18.2 Å². The third-order valence-electron chi connectivity index (χ3n) is 2.10. The van der Waals surface area contributed by atoms with E-state index in [0.717, 1.165) is 5.39 Å². The Morgan fingerprint density at radius 2 is 1.87 bits per heavy atom. The molecule has 2 rings (SSSR count). The third-order valence-corrected chi connectivity index (χ3v) is 2.10. The van der Waals surface area contributed by atoms with Crippen LogP contribution in [0.1, 0.15) is 10.4 Å². The highest BCUT2D eigenvalue weighted by Crippen LogP contribution is 2.23. The van der Waals surface area contributed by atoms with Gasteiger partial charge in [0.15, 0.2) is 0 Å². The molecular weight excluding hydrogens is 216 g/mol. The maximum absolute atomic E-state index is 10.8. The van der Waals surface area contributed by atoms with Crippen molar-refractivity contribution in [2.75, 3.05) is 0 Å². The molecule has 0 bridgehead atoms. The lowest BCUT2D eigenvalue weighted by Crippen LogP contribution is -1.96. The first kappa shape index (κ1) is 11.3. The molecule has 0 aliphatic heterocycles. The molecule has 78 valence electrons. The van der Waals surface area contributed by atoms with Crippen LogP contribution in [0.4, 0.5) is 0 Å². The molecule has 3 nitrogen and oxygen atoms in total. The Balaban J connectivity index is 0.00000112. The van der Waals surface area contributed by atoms with E-state index in [1.807, 2.05) is 0 Å². The summed E-state index contributed by atoms with van der Waals surface area (Å²) < 4.78 is 0. The van der Waals surface area contributed by atoms with Gasteiger partial charge in [-0.25, -0.2) is 4.79 Å². The Hall–Kier alpha value is -1.74. The molecule has 0 unspecified atom stereocenters. The number of hydrogen-bond donors (Lipinski definition) is 2. The van der Waals surface area contributed by atoms with E-state index in [0.29, 0.717) is 5.39 Å². The van der Waals surface area contributed by atoms with Gasteiger partial charge < -0.3 is 10.2 Å². The van der Waals surface area contributed by atoms with E-state index in [1.54, 1.807) is 18.2 Å². The minimum absolute atomic E-state index is 0. The lowest BCUT2D eigenvalue weighted by atomic mass is 10.0. The topological polar surface area (TPSA) is 57.5 Å². The summed E-state index contributed by atoms with van der Waals surface area (Å²) in [6.45, 7) is 0. The number of carboxylic acid groups (broad SMARTS) is 1. The van der Waals surface area contributed by atoms with Crippen molar-refractivity contribution in [1.29, 1.82) is 0 Å². The fourth-order valence-corrected chi connectivity index (χ4v) is 1.45. The predicted octanol–water partition coefficient (Wildman–Crippen LogP) is 2.67. The van der Waals surface area contributed by atoms with E-state index in [2.05, 4.69) is 0 Å². The maximum Gasteiger partial charge on any atom is 0.336 e. The minimum atomic E-state index is -0.985. The lowest BCUT2D eigenvalue weighted by molar-refractivity contribution is 0.0699. The summed E-state index contributed by atoms with van der Waals surface area (Å²) in [5.41, 5.74) is 0.207. The van der Waals surface area contributed by atoms with Crippen LogP contribution < -0.4 is 0 Å². The van der Waals surface area contributed by atoms with Crippen LogP contribution in [-0.2, 0) is 0 Å². The molecule has 0 radical (unpaired) electrons. The van der Waals surface area contributed by atoms with Crippen molar-refractivity contribution in [3.8, 4) is 5.75 Å². The number of aromatic carboxylic acids is 1. The molecule has 2 aromatic rings. The van der Waals surface area contributed by atoms with E-state index < -0.39 is 5.97 Å². The first-order valence-corrected chi connectivity index (χ1v) is 4.13. The number of benzene rings is 2. The van der Waals surface area contributed by atoms with Gasteiger partial charge in [0.25, 0.3) is 0 Å². The van der Waals surface area contributed by atoms with Gasteiger partial charge in [0.1, 0.15) is 5.75 Å². The molecule has 0 amide bonds. The normalized spacial score (nSPS) is 9.60. The summed E-state index contributed by atoms with van der Waals surface area (Å²) in [5, 5.41) is 19.5. The van der Waals surface area contributed by atoms with Crippen LogP contribution in [0.3, 0.4) is 0 Å². The number of phenols is 1. The van der Waals surface area contributed by atoms with Crippen molar-refractivity contribution in [3.63, 3.8) is 0 Å². The number of rotatable bonds is 1. The van der Waals surface area contributed by atoms with Gasteiger partial charge >= 0.3 is 5.97 Å². The minimum Gasteiger partial charge on any atom is -0.508 e. The quantitative estimate of drug-likeness (QED) is 0.783. The van der Waals surface area contributed by atoms with E-state index in [1.165, 1.54) is 18.2 Å². The van der Waals surface area contributed by atoms with Crippen molar-refractivity contribution < 1.29 is 15.0 Å². The molecule has 0 aliphatic rings. The Bertz CT molecular complexity index is 508. The molecule has 0 spiro atoms. The Morgan fingerprint density at radius 1 is 1.13 bits per heavy atom. The van der Waals surface area contributed by atoms with Crippen LogP contribution in [0.5, 0.6) is 5.75 Å². The smallest absolute Gasteiger partial charge is 0.336 e. The first-order valence-electron chi connectivity index (χ1n) is 4.13. The van der Waals surface area contributed by atoms with Crippen molar-refractivity contribution in [2.45, 2.75) is 0 Å². The zero-order valence-corrected chi connectivity index (χ0v) is 8.49. The van der Waals surface area contributed by atoms with Gasteiger partial charge in [-0.3, -0.25) is 0 Å². The standard InChI is InChI=1S/C11H8O3.ClH/c12-8-5-4-7-2-1-3-9(11(13)14)10(7)6-8;/h1-6,12H,(H,13,14);1H. The van der Waals surface area contributed by atoms with Crippen molar-refractivity contribution in [2.24, 2.45) is 0 Å². The molecule has 4 heteroatoms. The van der Waals surface area contributed by atoms with Crippen LogP contribution in [0.2, 0.25) is 0 Å². The fourth-order valence-electron chi connectivity index (χ4n) is 1.45. The molecule has 0 heterocycles. The molecule has 2 aromatic carbocycles. The van der Waals surface area contributed by atoms with Gasteiger partial charge in [0, 0.05) is 0 Å². The fraction of sp³-hybridized carbons (Fsp3) is 0. The Labute approximate surface area is 92.4 Å². The molecule has 15 heavy (non-hydrogen) atoms. The number of carbonyl (C=O) groups is 1. The molecule has 0 atom stereocenters. The number of aromatic hydroxyl groups is 1. The highest BCUT2D eigenvalue weighted by atomic mass is 35.5. The Morgan fingerprint density at radius 3 is 2.53 bits per heavy atom. The molecule has 0 aromatic heterocycles. The second kappa shape index (κ2) is 4.19. The maximum atomic E-state index is 10.8. The van der Waals surface area contributed by atoms with Crippen LogP contribution in [0.25, 0.3) is 10.8 Å². The average molecular weight is 225 g/mol. The van der Waals surface area contributed by atoms with Gasteiger partial charge in [0.05, 0.1) is 5.56 Å². The number of hydrogen-bond acceptors (Lipinski definition) is 2. The number of carboxylic acids is 1. The van der Waals surface area contributed by atoms with Crippen LogP contribution in [0, 0.1) is 0 Å². The second-order valence-electron chi connectivity index (χ2n) is 3.02. The molecule has 0 fully saturated rings. The largest absolute Gasteiger partial charge is 0.508 e. The summed E-state index contributed by atoms with van der Waals surface area (Å²) in [6, 6.07) is 9.69. The lowest BCUT2D eigenvalue weighted by Gasteiger charge is -2.02. The zero-order valence-electron chi connectivity index (χ0n) is 7.68. The van der Waals surface area contributed by atoms with Gasteiger partial charge in [-0.05, 0) is 29.0 Å². The summed E-state index contributed by atoms with van der Waals surface area (Å²) in [7, 11) is 0. The molecule has 0 saturated heterocycles. The summed E-state index contributed by atoms with van der Waals surface area (Å²) >= 11 is 0. The highest BCUT2D eigenvalue weighted by molar-refractivity contribution is 6.03. The predicted molar refractivity (Wildman–Crippen MR) is 59.8 cm³/mol. The number of phenolic OH excluding ortho intramolecular Hbond substituents is 1. The first-order chi connectivity index (χ1) is 6.68.